The normalized spacial score (nSPS) is 21.5. The number of aromatic nitrogens is 2. The van der Waals surface area contributed by atoms with Gasteiger partial charge in [-0.15, -0.1) is 0 Å². The Morgan fingerprint density at radius 1 is 0.943 bits per heavy atom. The van der Waals surface area contributed by atoms with Gasteiger partial charge in [0.15, 0.2) is 5.58 Å². The Morgan fingerprint density at radius 3 is 2.66 bits per heavy atom. The summed E-state index contributed by atoms with van der Waals surface area (Å²) in [6.45, 7) is 1.08. The second-order valence-corrected chi connectivity index (χ2v) is 12.2. The number of sulfonamides is 1. The number of oxazole rings is 1. The molecule has 0 bridgehead atoms. The van der Waals surface area contributed by atoms with Gasteiger partial charge < -0.3 is 8.98 Å². The minimum Gasteiger partial charge on any atom is -0.408 e. The monoisotopic (exact) mass is 491 g/mol. The van der Waals surface area contributed by atoms with E-state index in [1.807, 2.05) is 0 Å². The summed E-state index contributed by atoms with van der Waals surface area (Å²) in [6.07, 6.45) is 9.31. The Bertz CT molecular complexity index is 1620. The molecule has 0 amide bonds. The second-order valence-electron chi connectivity index (χ2n) is 10.3. The summed E-state index contributed by atoms with van der Waals surface area (Å²) in [5.41, 5.74) is 5.97. The van der Waals surface area contributed by atoms with E-state index in [9.17, 15) is 13.2 Å². The highest BCUT2D eigenvalue weighted by atomic mass is 32.2. The fourth-order valence-electron chi connectivity index (χ4n) is 6.79. The van der Waals surface area contributed by atoms with Crippen molar-refractivity contribution in [2.24, 2.45) is 0 Å². The molecule has 1 unspecified atom stereocenters. The number of aryl methyl sites for hydroxylation is 1. The zero-order valence-electron chi connectivity index (χ0n) is 19.6. The van der Waals surface area contributed by atoms with Crippen LogP contribution in [0.5, 0.6) is 0 Å². The van der Waals surface area contributed by atoms with E-state index in [2.05, 4.69) is 27.8 Å². The highest BCUT2D eigenvalue weighted by Gasteiger charge is 2.41. The molecule has 1 fully saturated rings. The number of H-pyrrole nitrogens is 1. The molecule has 0 saturated heterocycles. The van der Waals surface area contributed by atoms with Crippen LogP contribution < -0.4 is 5.76 Å². The molecule has 3 heterocycles. The lowest BCUT2D eigenvalue weighted by molar-refractivity contribution is 0.243. The number of rotatable bonds is 3. The Hall–Kier alpha value is -2.84. The number of nitrogens with one attached hydrogen (secondary N) is 1. The number of hydrogen-bond acceptors (Lipinski definition) is 4. The molecule has 0 radical (unpaired) electrons. The highest BCUT2D eigenvalue weighted by Crippen LogP contribution is 2.45. The Kier molecular flexibility index (Phi) is 4.80. The molecule has 1 saturated carbocycles. The van der Waals surface area contributed by atoms with Crippen LogP contribution in [-0.2, 0) is 23.0 Å². The molecule has 1 atom stereocenters. The maximum atomic E-state index is 13.8. The molecule has 3 aliphatic rings. The molecule has 2 aromatic heterocycles. The summed E-state index contributed by atoms with van der Waals surface area (Å²) in [5, 5.41) is 1.32. The molecular weight excluding hydrogens is 462 g/mol. The quantitative estimate of drug-likeness (QED) is 0.426. The van der Waals surface area contributed by atoms with Gasteiger partial charge in [-0.2, -0.15) is 4.31 Å². The summed E-state index contributed by atoms with van der Waals surface area (Å²) in [5.74, 6) is 0.0681. The molecule has 182 valence electrons. The SMILES string of the molecule is O=c1[nH]c2ccc(S(=O)(=O)N3CCn4c5c(c6cc(C7CCCCC7)ccc64)CCCC53)cc2o1. The van der Waals surface area contributed by atoms with Crippen molar-refractivity contribution in [1.29, 1.82) is 0 Å². The van der Waals surface area contributed by atoms with Gasteiger partial charge in [-0.3, -0.25) is 4.98 Å². The van der Waals surface area contributed by atoms with E-state index in [4.69, 9.17) is 4.42 Å². The van der Waals surface area contributed by atoms with Gasteiger partial charge in [0, 0.05) is 35.8 Å². The largest absolute Gasteiger partial charge is 0.417 e. The van der Waals surface area contributed by atoms with E-state index in [0.29, 0.717) is 24.5 Å². The lowest BCUT2D eigenvalue weighted by Crippen LogP contribution is -2.43. The fourth-order valence-corrected chi connectivity index (χ4v) is 8.42. The summed E-state index contributed by atoms with van der Waals surface area (Å²) in [6, 6.07) is 11.5. The molecule has 4 aromatic rings. The van der Waals surface area contributed by atoms with E-state index in [1.165, 1.54) is 65.9 Å². The van der Waals surface area contributed by atoms with Crippen LogP contribution in [0.3, 0.4) is 0 Å². The number of fused-ring (bicyclic) bond motifs is 4. The third-order valence-electron chi connectivity index (χ3n) is 8.42. The van der Waals surface area contributed by atoms with Crippen LogP contribution >= 0.6 is 0 Å². The smallest absolute Gasteiger partial charge is 0.408 e. The molecule has 7 rings (SSSR count). The first-order chi connectivity index (χ1) is 17.0. The first kappa shape index (κ1) is 21.4. The summed E-state index contributed by atoms with van der Waals surface area (Å²) in [7, 11) is -3.75. The zero-order valence-corrected chi connectivity index (χ0v) is 20.4. The number of benzene rings is 2. The van der Waals surface area contributed by atoms with Gasteiger partial charge in [0.2, 0.25) is 10.0 Å². The average Bonchev–Trinajstić information content (AvgIpc) is 3.42. The molecule has 1 N–H and O–H groups in total. The van der Waals surface area contributed by atoms with Crippen molar-refractivity contribution in [2.45, 2.75) is 74.8 Å². The molecule has 8 heteroatoms. The number of hydrogen-bond donors (Lipinski definition) is 1. The van der Waals surface area contributed by atoms with Crippen LogP contribution in [-0.4, -0.2) is 28.8 Å². The standard InChI is InChI=1S/C27H29N3O4S/c31-27-28-22-11-10-19(16-25(22)34-27)35(32,33)30-14-13-29-23-12-9-18(17-5-2-1-3-6-17)15-21(23)20-7-4-8-24(30)26(20)29/h9-12,15-17,24H,1-8,13-14H2,(H,28,31). The van der Waals surface area contributed by atoms with Gasteiger partial charge >= 0.3 is 5.76 Å². The fraction of sp³-hybridized carbons (Fsp3) is 0.444. The van der Waals surface area contributed by atoms with Crippen molar-refractivity contribution in [2.75, 3.05) is 6.54 Å². The van der Waals surface area contributed by atoms with Crippen LogP contribution in [0.1, 0.15) is 73.7 Å². The lowest BCUT2D eigenvalue weighted by atomic mass is 9.83. The van der Waals surface area contributed by atoms with E-state index in [1.54, 1.807) is 16.4 Å². The van der Waals surface area contributed by atoms with Crippen LogP contribution in [0.2, 0.25) is 0 Å². The minimum atomic E-state index is -3.75. The van der Waals surface area contributed by atoms with Crippen LogP contribution in [0.25, 0.3) is 22.0 Å². The van der Waals surface area contributed by atoms with Crippen LogP contribution in [0, 0.1) is 0 Å². The number of nitrogens with zero attached hydrogens (tertiary/aromatic N) is 2. The molecule has 2 aliphatic carbocycles. The van der Waals surface area contributed by atoms with Gasteiger partial charge in [0.1, 0.15) is 0 Å². The van der Waals surface area contributed by atoms with Gasteiger partial charge in [-0.25, -0.2) is 13.2 Å². The predicted molar refractivity (Wildman–Crippen MR) is 134 cm³/mol. The molecular formula is C27H29N3O4S. The third-order valence-corrected chi connectivity index (χ3v) is 10.3. The maximum absolute atomic E-state index is 13.8. The first-order valence-electron chi connectivity index (χ1n) is 12.8. The predicted octanol–water partition coefficient (Wildman–Crippen LogP) is 5.21. The minimum absolute atomic E-state index is 0.169. The summed E-state index contributed by atoms with van der Waals surface area (Å²) < 4.78 is 36.8. The van der Waals surface area contributed by atoms with Crippen molar-refractivity contribution in [3.8, 4) is 0 Å². The van der Waals surface area contributed by atoms with Crippen LogP contribution in [0.4, 0.5) is 0 Å². The zero-order chi connectivity index (χ0) is 23.7. The number of aromatic amines is 1. The van der Waals surface area contributed by atoms with Gasteiger partial charge in [-0.05, 0) is 73.4 Å². The van der Waals surface area contributed by atoms with E-state index in [-0.39, 0.29) is 16.5 Å². The van der Waals surface area contributed by atoms with E-state index >= 15 is 0 Å². The van der Waals surface area contributed by atoms with Crippen molar-refractivity contribution in [3.63, 3.8) is 0 Å². The molecule has 35 heavy (non-hydrogen) atoms. The van der Waals surface area contributed by atoms with Crippen molar-refractivity contribution in [1.82, 2.24) is 13.9 Å². The summed E-state index contributed by atoms with van der Waals surface area (Å²) in [4.78, 5) is 14.3. The Labute approximate surface area is 203 Å². The second kappa shape index (κ2) is 7.83. The Morgan fingerprint density at radius 2 is 1.80 bits per heavy atom. The van der Waals surface area contributed by atoms with E-state index < -0.39 is 15.8 Å². The first-order valence-corrected chi connectivity index (χ1v) is 14.2. The van der Waals surface area contributed by atoms with Gasteiger partial charge in [0.05, 0.1) is 16.5 Å². The highest BCUT2D eigenvalue weighted by molar-refractivity contribution is 7.89. The lowest BCUT2D eigenvalue weighted by Gasteiger charge is -2.39. The molecule has 0 spiro atoms. The topological polar surface area (TPSA) is 88.3 Å². The van der Waals surface area contributed by atoms with E-state index in [0.717, 1.165) is 19.3 Å². The van der Waals surface area contributed by atoms with Gasteiger partial charge in [0.25, 0.3) is 0 Å². The van der Waals surface area contributed by atoms with Crippen molar-refractivity contribution >= 4 is 32.0 Å². The van der Waals surface area contributed by atoms with Crippen molar-refractivity contribution in [3.05, 3.63) is 63.8 Å². The molecule has 2 aromatic carbocycles. The Balaban J connectivity index is 1.31. The third kappa shape index (κ3) is 3.26. The van der Waals surface area contributed by atoms with Crippen molar-refractivity contribution < 1.29 is 12.8 Å². The summed E-state index contributed by atoms with van der Waals surface area (Å²) >= 11 is 0. The van der Waals surface area contributed by atoms with Gasteiger partial charge in [-0.1, -0.05) is 25.3 Å². The molecule has 7 nitrogen and oxygen atoms in total. The average molecular weight is 492 g/mol. The molecule has 1 aliphatic heterocycles. The van der Waals surface area contributed by atoms with Crippen LogP contribution in [0.15, 0.2) is 50.5 Å². The maximum Gasteiger partial charge on any atom is 0.417 e.